The van der Waals surface area contributed by atoms with Crippen LogP contribution in [-0.4, -0.2) is 40.0 Å². The zero-order chi connectivity index (χ0) is 20.1. The SMILES string of the molecule is COc1ccc(NC(=O)c2ncn(C[C@H](O)c3ccc(F)cc3)n2)c(OC)c1. The molecule has 1 atom stereocenters. The van der Waals surface area contributed by atoms with Crippen molar-refractivity contribution in [2.75, 3.05) is 19.5 Å². The van der Waals surface area contributed by atoms with Crippen LogP contribution in [0.5, 0.6) is 11.5 Å². The van der Waals surface area contributed by atoms with E-state index in [4.69, 9.17) is 9.47 Å². The highest BCUT2D eigenvalue weighted by Crippen LogP contribution is 2.29. The van der Waals surface area contributed by atoms with E-state index in [1.807, 2.05) is 0 Å². The fraction of sp³-hybridized carbons (Fsp3) is 0.211. The van der Waals surface area contributed by atoms with Gasteiger partial charge in [0.1, 0.15) is 23.6 Å². The van der Waals surface area contributed by atoms with Crippen molar-refractivity contribution in [3.8, 4) is 11.5 Å². The number of rotatable bonds is 7. The summed E-state index contributed by atoms with van der Waals surface area (Å²) in [4.78, 5) is 16.4. The van der Waals surface area contributed by atoms with Crippen molar-refractivity contribution in [2.24, 2.45) is 0 Å². The topological polar surface area (TPSA) is 98.5 Å². The van der Waals surface area contributed by atoms with Gasteiger partial charge >= 0.3 is 0 Å². The van der Waals surface area contributed by atoms with Gasteiger partial charge in [0.2, 0.25) is 5.82 Å². The van der Waals surface area contributed by atoms with E-state index in [1.165, 1.54) is 49.5 Å². The molecule has 2 aromatic carbocycles. The van der Waals surface area contributed by atoms with Gasteiger partial charge in [0, 0.05) is 6.07 Å². The number of carbonyl (C=O) groups is 1. The molecule has 1 aromatic heterocycles. The lowest BCUT2D eigenvalue weighted by Crippen LogP contribution is -2.16. The normalized spacial score (nSPS) is 11.7. The molecule has 146 valence electrons. The maximum absolute atomic E-state index is 13.0. The second-order valence-corrected chi connectivity index (χ2v) is 5.88. The Morgan fingerprint density at radius 1 is 1.21 bits per heavy atom. The molecule has 0 aliphatic rings. The Morgan fingerprint density at radius 2 is 1.96 bits per heavy atom. The molecule has 1 amide bonds. The number of hydrogen-bond acceptors (Lipinski definition) is 6. The lowest BCUT2D eigenvalue weighted by Gasteiger charge is -2.11. The maximum Gasteiger partial charge on any atom is 0.295 e. The molecule has 0 bridgehead atoms. The fourth-order valence-corrected chi connectivity index (χ4v) is 2.53. The van der Waals surface area contributed by atoms with Crippen molar-refractivity contribution in [3.05, 3.63) is 66.0 Å². The highest BCUT2D eigenvalue weighted by atomic mass is 19.1. The molecule has 3 aromatic rings. The predicted molar refractivity (Wildman–Crippen MR) is 98.9 cm³/mol. The van der Waals surface area contributed by atoms with E-state index in [0.29, 0.717) is 22.7 Å². The van der Waals surface area contributed by atoms with Crippen molar-refractivity contribution in [2.45, 2.75) is 12.6 Å². The van der Waals surface area contributed by atoms with Gasteiger partial charge in [-0.15, -0.1) is 5.10 Å². The van der Waals surface area contributed by atoms with Crippen LogP contribution in [0.1, 0.15) is 22.3 Å². The highest BCUT2D eigenvalue weighted by molar-refractivity contribution is 6.02. The number of benzene rings is 2. The maximum atomic E-state index is 13.0. The average molecular weight is 386 g/mol. The standard InChI is InChI=1S/C19H19FN4O4/c1-27-14-7-8-15(17(9-14)28-2)22-19(26)18-21-11-24(23-18)10-16(25)12-3-5-13(20)6-4-12/h3-9,11,16,25H,10H2,1-2H3,(H,22,26)/t16-/m0/s1. The van der Waals surface area contributed by atoms with Crippen LogP contribution in [0.2, 0.25) is 0 Å². The van der Waals surface area contributed by atoms with Gasteiger partial charge in [-0.1, -0.05) is 12.1 Å². The van der Waals surface area contributed by atoms with E-state index in [9.17, 15) is 14.3 Å². The summed E-state index contributed by atoms with van der Waals surface area (Å²) in [5, 5.41) is 17.0. The third-order valence-electron chi connectivity index (χ3n) is 4.01. The summed E-state index contributed by atoms with van der Waals surface area (Å²) in [7, 11) is 3.01. The quantitative estimate of drug-likeness (QED) is 0.647. The number of carbonyl (C=O) groups excluding carboxylic acids is 1. The molecule has 0 spiro atoms. The third-order valence-corrected chi connectivity index (χ3v) is 4.01. The zero-order valence-electron chi connectivity index (χ0n) is 15.3. The van der Waals surface area contributed by atoms with E-state index in [2.05, 4.69) is 15.4 Å². The largest absolute Gasteiger partial charge is 0.497 e. The number of aromatic nitrogens is 3. The van der Waals surface area contributed by atoms with Gasteiger partial charge in [-0.2, -0.15) is 0 Å². The van der Waals surface area contributed by atoms with Crippen LogP contribution in [0.4, 0.5) is 10.1 Å². The van der Waals surface area contributed by atoms with E-state index in [-0.39, 0.29) is 18.2 Å². The third kappa shape index (κ3) is 4.44. The highest BCUT2D eigenvalue weighted by Gasteiger charge is 2.16. The minimum absolute atomic E-state index is 0.0656. The number of anilines is 1. The zero-order valence-corrected chi connectivity index (χ0v) is 15.3. The van der Waals surface area contributed by atoms with Crippen LogP contribution < -0.4 is 14.8 Å². The number of aliphatic hydroxyl groups excluding tert-OH is 1. The van der Waals surface area contributed by atoms with Crippen LogP contribution in [0.3, 0.4) is 0 Å². The first-order chi connectivity index (χ1) is 13.5. The van der Waals surface area contributed by atoms with E-state index >= 15 is 0 Å². The number of amides is 1. The van der Waals surface area contributed by atoms with Crippen LogP contribution in [0, 0.1) is 5.82 Å². The van der Waals surface area contributed by atoms with Gasteiger partial charge in [0.15, 0.2) is 0 Å². The van der Waals surface area contributed by atoms with Crippen LogP contribution >= 0.6 is 0 Å². The van der Waals surface area contributed by atoms with E-state index in [0.717, 1.165) is 0 Å². The Morgan fingerprint density at radius 3 is 2.64 bits per heavy atom. The molecule has 28 heavy (non-hydrogen) atoms. The molecule has 0 unspecified atom stereocenters. The number of nitrogens with one attached hydrogen (secondary N) is 1. The van der Waals surface area contributed by atoms with Gasteiger partial charge in [-0.3, -0.25) is 4.79 Å². The lowest BCUT2D eigenvalue weighted by molar-refractivity contribution is 0.101. The Kier molecular flexibility index (Phi) is 5.85. The number of ether oxygens (including phenoxy) is 2. The Labute approximate surface area is 160 Å². The van der Waals surface area contributed by atoms with E-state index in [1.54, 1.807) is 18.2 Å². The van der Waals surface area contributed by atoms with Crippen molar-refractivity contribution < 1.29 is 23.8 Å². The summed E-state index contributed by atoms with van der Waals surface area (Å²) in [6.07, 6.45) is 0.423. The Hall–Kier alpha value is -3.46. The minimum Gasteiger partial charge on any atom is -0.497 e. The summed E-state index contributed by atoms with van der Waals surface area (Å²) < 4.78 is 24.7. The summed E-state index contributed by atoms with van der Waals surface area (Å²) in [6, 6.07) is 10.5. The molecular weight excluding hydrogens is 367 g/mol. The predicted octanol–water partition coefficient (Wildman–Crippen LogP) is 2.42. The number of halogens is 1. The molecular formula is C19H19FN4O4. The van der Waals surface area contributed by atoms with Gasteiger partial charge in [0.25, 0.3) is 5.91 Å². The Bertz CT molecular complexity index is 959. The van der Waals surface area contributed by atoms with Crippen molar-refractivity contribution in [1.29, 1.82) is 0 Å². The molecule has 8 nitrogen and oxygen atoms in total. The van der Waals surface area contributed by atoms with Gasteiger partial charge in [-0.05, 0) is 29.8 Å². The lowest BCUT2D eigenvalue weighted by atomic mass is 10.1. The first kappa shape index (κ1) is 19.3. The monoisotopic (exact) mass is 386 g/mol. The summed E-state index contributed by atoms with van der Waals surface area (Å²) in [5.41, 5.74) is 0.974. The molecule has 0 saturated carbocycles. The molecule has 0 radical (unpaired) electrons. The minimum atomic E-state index is -0.917. The second kappa shape index (κ2) is 8.49. The number of hydrogen-bond donors (Lipinski definition) is 2. The van der Waals surface area contributed by atoms with Gasteiger partial charge in [0.05, 0.1) is 32.6 Å². The van der Waals surface area contributed by atoms with Crippen LogP contribution in [-0.2, 0) is 6.54 Å². The van der Waals surface area contributed by atoms with Crippen molar-refractivity contribution in [3.63, 3.8) is 0 Å². The molecule has 0 fully saturated rings. The molecule has 0 saturated heterocycles. The number of methoxy groups -OCH3 is 2. The first-order valence-corrected chi connectivity index (χ1v) is 8.36. The van der Waals surface area contributed by atoms with Crippen LogP contribution in [0.15, 0.2) is 48.8 Å². The molecule has 3 rings (SSSR count). The second-order valence-electron chi connectivity index (χ2n) is 5.88. The van der Waals surface area contributed by atoms with Crippen molar-refractivity contribution >= 4 is 11.6 Å². The first-order valence-electron chi connectivity index (χ1n) is 8.36. The smallest absolute Gasteiger partial charge is 0.295 e. The number of nitrogens with zero attached hydrogens (tertiary/aromatic N) is 3. The van der Waals surface area contributed by atoms with Gasteiger partial charge in [-0.25, -0.2) is 14.1 Å². The fourth-order valence-electron chi connectivity index (χ4n) is 2.53. The summed E-state index contributed by atoms with van der Waals surface area (Å²) in [6.45, 7) is 0.0672. The number of aliphatic hydroxyl groups is 1. The molecule has 9 heteroatoms. The average Bonchev–Trinajstić information content (AvgIpc) is 3.17. The summed E-state index contributed by atoms with van der Waals surface area (Å²) >= 11 is 0. The van der Waals surface area contributed by atoms with Crippen molar-refractivity contribution in [1.82, 2.24) is 14.8 Å². The van der Waals surface area contributed by atoms with Crippen LogP contribution in [0.25, 0.3) is 0 Å². The van der Waals surface area contributed by atoms with E-state index < -0.39 is 12.0 Å². The molecule has 1 heterocycles. The Balaban J connectivity index is 1.68. The molecule has 0 aliphatic carbocycles. The molecule has 2 N–H and O–H groups in total. The summed E-state index contributed by atoms with van der Waals surface area (Å²) in [5.74, 6) is 0.0400. The van der Waals surface area contributed by atoms with Gasteiger partial charge < -0.3 is 19.9 Å². The molecule has 0 aliphatic heterocycles.